The lowest BCUT2D eigenvalue weighted by atomic mass is 9.84. The Morgan fingerprint density at radius 2 is 1.84 bits per heavy atom. The predicted molar refractivity (Wildman–Crippen MR) is 103 cm³/mol. The average Bonchev–Trinajstić information content (AvgIpc) is 2.58. The number of nitrogens with one attached hydrogen (secondary N) is 1. The van der Waals surface area contributed by atoms with Gasteiger partial charge in [-0.1, -0.05) is 55.8 Å². The molecule has 0 spiro atoms. The number of primary amides is 1. The molecule has 2 aromatic rings. The maximum Gasteiger partial charge on any atom is 0.252 e. The molecule has 0 aliphatic heterocycles. The summed E-state index contributed by atoms with van der Waals surface area (Å²) in [5.41, 5.74) is 7.96. The van der Waals surface area contributed by atoms with Crippen LogP contribution in [0.2, 0.25) is 0 Å². The fourth-order valence-corrected chi connectivity index (χ4v) is 3.28. The van der Waals surface area contributed by atoms with E-state index in [9.17, 15) is 9.59 Å². The van der Waals surface area contributed by atoms with Crippen LogP contribution in [0.3, 0.4) is 0 Å². The molecule has 3 N–H and O–H groups in total. The monoisotopic (exact) mass is 356 g/mol. The van der Waals surface area contributed by atoms with Gasteiger partial charge in [0.2, 0.25) is 5.91 Å². The number of nitrogens with two attached hydrogens (primary N) is 1. The van der Waals surface area contributed by atoms with Gasteiger partial charge in [-0.15, -0.1) is 11.8 Å². The number of aryl methyl sites for hydroxylation is 1. The molecule has 0 saturated carbocycles. The number of amides is 2. The van der Waals surface area contributed by atoms with Gasteiger partial charge in [-0.05, 0) is 24.6 Å². The van der Waals surface area contributed by atoms with Crippen molar-refractivity contribution in [1.82, 2.24) is 5.32 Å². The zero-order chi connectivity index (χ0) is 18.4. The Morgan fingerprint density at radius 1 is 1.12 bits per heavy atom. The second kappa shape index (κ2) is 8.21. The van der Waals surface area contributed by atoms with Gasteiger partial charge in [-0.2, -0.15) is 0 Å². The third-order valence-electron chi connectivity index (χ3n) is 3.99. The van der Waals surface area contributed by atoms with E-state index in [1.165, 1.54) is 22.9 Å². The van der Waals surface area contributed by atoms with Crippen LogP contribution in [-0.4, -0.2) is 24.1 Å². The van der Waals surface area contributed by atoms with Crippen LogP contribution in [0.4, 0.5) is 0 Å². The van der Waals surface area contributed by atoms with Crippen LogP contribution < -0.4 is 11.1 Å². The summed E-state index contributed by atoms with van der Waals surface area (Å²) in [6, 6.07) is 15.6. The first kappa shape index (κ1) is 19.1. The minimum absolute atomic E-state index is 0.145. The van der Waals surface area contributed by atoms with E-state index in [1.54, 1.807) is 6.07 Å². The van der Waals surface area contributed by atoms with Crippen molar-refractivity contribution in [3.05, 3.63) is 65.2 Å². The molecule has 2 aromatic carbocycles. The summed E-state index contributed by atoms with van der Waals surface area (Å²) >= 11 is 1.28. The molecule has 25 heavy (non-hydrogen) atoms. The van der Waals surface area contributed by atoms with Crippen LogP contribution in [0.1, 0.15) is 35.3 Å². The predicted octanol–water partition coefficient (Wildman–Crippen LogP) is 3.28. The molecule has 132 valence electrons. The van der Waals surface area contributed by atoms with Crippen LogP contribution in [0, 0.1) is 6.92 Å². The summed E-state index contributed by atoms with van der Waals surface area (Å²) < 4.78 is 0. The molecule has 0 unspecified atom stereocenters. The van der Waals surface area contributed by atoms with Crippen molar-refractivity contribution in [2.45, 2.75) is 31.1 Å². The van der Waals surface area contributed by atoms with Gasteiger partial charge in [0.25, 0.3) is 5.91 Å². The van der Waals surface area contributed by atoms with Crippen molar-refractivity contribution in [2.24, 2.45) is 5.73 Å². The quantitative estimate of drug-likeness (QED) is 0.748. The van der Waals surface area contributed by atoms with Crippen LogP contribution in [0.15, 0.2) is 53.4 Å². The number of hydrogen-bond donors (Lipinski definition) is 2. The topological polar surface area (TPSA) is 72.2 Å². The molecular formula is C20H24N2O2S. The SMILES string of the molecule is Cc1cccc(C(C)(C)CNC(=O)c2ccccc2SCC(N)=O)c1. The van der Waals surface area contributed by atoms with Crippen LogP contribution in [0.25, 0.3) is 0 Å². The summed E-state index contributed by atoms with van der Waals surface area (Å²) in [5, 5.41) is 3.02. The van der Waals surface area contributed by atoms with Crippen LogP contribution in [0.5, 0.6) is 0 Å². The third-order valence-corrected chi connectivity index (χ3v) is 5.09. The molecule has 0 bridgehead atoms. The van der Waals surface area contributed by atoms with Crippen molar-refractivity contribution in [3.8, 4) is 0 Å². The summed E-state index contributed by atoms with van der Waals surface area (Å²) in [5.74, 6) is -0.395. The Balaban J connectivity index is 2.08. The Morgan fingerprint density at radius 3 is 2.52 bits per heavy atom. The average molecular weight is 356 g/mol. The van der Waals surface area contributed by atoms with Gasteiger partial charge in [-0.3, -0.25) is 9.59 Å². The highest BCUT2D eigenvalue weighted by Gasteiger charge is 2.22. The first-order valence-electron chi connectivity index (χ1n) is 8.15. The highest BCUT2D eigenvalue weighted by molar-refractivity contribution is 8.00. The fraction of sp³-hybridized carbons (Fsp3) is 0.300. The van der Waals surface area contributed by atoms with E-state index in [0.29, 0.717) is 12.1 Å². The van der Waals surface area contributed by atoms with E-state index >= 15 is 0 Å². The summed E-state index contributed by atoms with van der Waals surface area (Å²) in [7, 11) is 0. The number of thioether (sulfide) groups is 1. The number of hydrogen-bond acceptors (Lipinski definition) is 3. The molecule has 0 aliphatic rings. The third kappa shape index (κ3) is 5.36. The molecule has 0 heterocycles. The number of carbonyl (C=O) groups is 2. The molecule has 0 atom stereocenters. The standard InChI is InChI=1S/C20H24N2O2S/c1-14-7-6-8-15(11-14)20(2,3)13-22-19(24)16-9-4-5-10-17(16)25-12-18(21)23/h4-11H,12-13H2,1-3H3,(H2,21,23)(H,22,24). The Labute approximate surface area is 153 Å². The lowest BCUT2D eigenvalue weighted by Gasteiger charge is -2.26. The van der Waals surface area contributed by atoms with Crippen molar-refractivity contribution in [1.29, 1.82) is 0 Å². The summed E-state index contributed by atoms with van der Waals surface area (Å²) in [6.07, 6.45) is 0. The van der Waals surface area contributed by atoms with E-state index in [1.807, 2.05) is 24.3 Å². The lowest BCUT2D eigenvalue weighted by Crippen LogP contribution is -2.37. The van der Waals surface area contributed by atoms with Gasteiger partial charge < -0.3 is 11.1 Å². The van der Waals surface area contributed by atoms with E-state index in [4.69, 9.17) is 5.73 Å². The number of benzene rings is 2. The molecule has 2 amide bonds. The first-order valence-corrected chi connectivity index (χ1v) is 9.13. The summed E-state index contributed by atoms with van der Waals surface area (Å²) in [6.45, 7) is 6.79. The molecule has 0 radical (unpaired) electrons. The minimum Gasteiger partial charge on any atom is -0.369 e. The van der Waals surface area contributed by atoms with Gasteiger partial charge in [0.05, 0.1) is 11.3 Å². The molecule has 0 fully saturated rings. The van der Waals surface area contributed by atoms with Crippen LogP contribution >= 0.6 is 11.8 Å². The Bertz CT molecular complexity index is 772. The second-order valence-corrected chi connectivity index (χ2v) is 7.70. The van der Waals surface area contributed by atoms with Crippen molar-refractivity contribution in [3.63, 3.8) is 0 Å². The fourth-order valence-electron chi connectivity index (χ4n) is 2.49. The molecule has 0 aromatic heterocycles. The van der Waals surface area contributed by atoms with E-state index in [2.05, 4.69) is 44.3 Å². The van der Waals surface area contributed by atoms with Crippen molar-refractivity contribution in [2.75, 3.05) is 12.3 Å². The van der Waals surface area contributed by atoms with E-state index in [-0.39, 0.29) is 17.1 Å². The molecular weight excluding hydrogens is 332 g/mol. The zero-order valence-corrected chi connectivity index (χ0v) is 15.7. The molecule has 4 nitrogen and oxygen atoms in total. The van der Waals surface area contributed by atoms with Crippen LogP contribution in [-0.2, 0) is 10.2 Å². The largest absolute Gasteiger partial charge is 0.369 e. The van der Waals surface area contributed by atoms with Gasteiger partial charge in [-0.25, -0.2) is 0 Å². The minimum atomic E-state index is -0.402. The normalized spacial score (nSPS) is 11.2. The molecule has 2 rings (SSSR count). The Kier molecular flexibility index (Phi) is 6.26. The highest BCUT2D eigenvalue weighted by Crippen LogP contribution is 2.25. The maximum atomic E-state index is 12.6. The molecule has 5 heteroatoms. The Hall–Kier alpha value is -2.27. The van der Waals surface area contributed by atoms with Crippen molar-refractivity contribution < 1.29 is 9.59 Å². The smallest absolute Gasteiger partial charge is 0.252 e. The first-order chi connectivity index (χ1) is 11.8. The second-order valence-electron chi connectivity index (χ2n) is 6.69. The summed E-state index contributed by atoms with van der Waals surface area (Å²) in [4.78, 5) is 24.4. The maximum absolute atomic E-state index is 12.6. The molecule has 0 saturated heterocycles. The number of carbonyl (C=O) groups excluding carboxylic acids is 2. The van der Waals surface area contributed by atoms with Gasteiger partial charge in [0.1, 0.15) is 0 Å². The van der Waals surface area contributed by atoms with E-state index in [0.717, 1.165) is 4.90 Å². The zero-order valence-electron chi connectivity index (χ0n) is 14.8. The van der Waals surface area contributed by atoms with Gasteiger partial charge in [0.15, 0.2) is 0 Å². The number of rotatable bonds is 7. The molecule has 0 aliphatic carbocycles. The lowest BCUT2D eigenvalue weighted by molar-refractivity contribution is -0.115. The van der Waals surface area contributed by atoms with E-state index < -0.39 is 5.91 Å². The van der Waals surface area contributed by atoms with Crippen molar-refractivity contribution >= 4 is 23.6 Å². The highest BCUT2D eigenvalue weighted by atomic mass is 32.2. The van der Waals surface area contributed by atoms with Gasteiger partial charge >= 0.3 is 0 Å². The van der Waals surface area contributed by atoms with Gasteiger partial charge in [0, 0.05) is 16.9 Å².